The Morgan fingerprint density at radius 3 is 2.61 bits per heavy atom. The lowest BCUT2D eigenvalue weighted by Crippen LogP contribution is -2.36. The van der Waals surface area contributed by atoms with E-state index in [1.165, 1.54) is 23.1 Å². The molecule has 1 N–H and O–H groups in total. The quantitative estimate of drug-likeness (QED) is 0.592. The van der Waals surface area contributed by atoms with Crippen molar-refractivity contribution in [3.8, 4) is 5.75 Å². The second-order valence-corrected chi connectivity index (χ2v) is 9.96. The highest BCUT2D eigenvalue weighted by molar-refractivity contribution is 5.79. The van der Waals surface area contributed by atoms with E-state index in [1.54, 1.807) is 0 Å². The lowest BCUT2D eigenvalue weighted by atomic mass is 9.84. The van der Waals surface area contributed by atoms with Crippen LogP contribution in [0.25, 0.3) is 0 Å². The van der Waals surface area contributed by atoms with E-state index < -0.39 is 11.8 Å². The maximum Gasteiger partial charge on any atom is 0.255 e. The Labute approximate surface area is 194 Å². The number of hydrogen-bond acceptors (Lipinski definition) is 3. The van der Waals surface area contributed by atoms with Gasteiger partial charge in [-0.15, -0.1) is 0 Å². The zero-order valence-corrected chi connectivity index (χ0v) is 19.2. The Hall–Kier alpha value is -2.47. The van der Waals surface area contributed by atoms with E-state index in [0.29, 0.717) is 5.75 Å². The first kappa shape index (κ1) is 22.3. The lowest BCUT2D eigenvalue weighted by Gasteiger charge is -2.29. The van der Waals surface area contributed by atoms with Crippen LogP contribution in [-0.2, 0) is 24.3 Å². The zero-order chi connectivity index (χ0) is 23.0. The number of benzene rings is 2. The van der Waals surface area contributed by atoms with Crippen LogP contribution in [0.15, 0.2) is 42.5 Å². The molecule has 1 amide bonds. The van der Waals surface area contributed by atoms with E-state index in [-0.39, 0.29) is 30.9 Å². The average molecular weight is 455 g/mol. The van der Waals surface area contributed by atoms with Crippen molar-refractivity contribution in [3.63, 3.8) is 0 Å². The van der Waals surface area contributed by atoms with Crippen LogP contribution < -0.4 is 10.1 Å². The number of nitrogens with zero attached hydrogens (tertiary/aromatic N) is 1. The summed E-state index contributed by atoms with van der Waals surface area (Å²) < 4.78 is 31.7. The summed E-state index contributed by atoms with van der Waals surface area (Å²) in [5.41, 5.74) is 4.91. The normalized spacial score (nSPS) is 22.7. The summed E-state index contributed by atoms with van der Waals surface area (Å²) >= 11 is 0. The van der Waals surface area contributed by atoms with Gasteiger partial charge in [-0.25, -0.2) is 8.78 Å². The van der Waals surface area contributed by atoms with Gasteiger partial charge in [-0.3, -0.25) is 9.69 Å². The summed E-state index contributed by atoms with van der Waals surface area (Å²) in [7, 11) is 0. The number of fused-ring (bicyclic) bond motifs is 1. The summed E-state index contributed by atoms with van der Waals surface area (Å²) in [6.07, 6.45) is 4.07. The molecule has 0 bridgehead atoms. The lowest BCUT2D eigenvalue weighted by molar-refractivity contribution is -0.128. The summed E-state index contributed by atoms with van der Waals surface area (Å²) in [5.74, 6) is -2.07. The third kappa shape index (κ3) is 5.21. The highest BCUT2D eigenvalue weighted by atomic mass is 19.3. The van der Waals surface area contributed by atoms with Gasteiger partial charge in [0, 0.05) is 32.0 Å². The predicted molar refractivity (Wildman–Crippen MR) is 123 cm³/mol. The van der Waals surface area contributed by atoms with Gasteiger partial charge in [-0.1, -0.05) is 36.8 Å². The van der Waals surface area contributed by atoms with E-state index in [2.05, 4.69) is 40.5 Å². The highest BCUT2D eigenvalue weighted by Crippen LogP contribution is 2.48. The summed E-state index contributed by atoms with van der Waals surface area (Å²) in [4.78, 5) is 14.6. The van der Waals surface area contributed by atoms with Gasteiger partial charge in [-0.05, 0) is 60.6 Å². The molecular weight excluding hydrogens is 422 g/mol. The van der Waals surface area contributed by atoms with Crippen molar-refractivity contribution in [2.75, 3.05) is 13.2 Å². The van der Waals surface area contributed by atoms with Gasteiger partial charge >= 0.3 is 0 Å². The molecule has 2 aromatic rings. The fourth-order valence-electron chi connectivity index (χ4n) is 4.71. The fourth-order valence-corrected chi connectivity index (χ4v) is 4.71. The molecule has 33 heavy (non-hydrogen) atoms. The Morgan fingerprint density at radius 1 is 1.18 bits per heavy atom. The van der Waals surface area contributed by atoms with Gasteiger partial charge in [0.15, 0.2) is 0 Å². The molecule has 2 saturated carbocycles. The third-order valence-electron chi connectivity index (χ3n) is 7.40. The van der Waals surface area contributed by atoms with Crippen LogP contribution in [0.3, 0.4) is 0 Å². The molecule has 2 aliphatic carbocycles. The minimum atomic E-state index is -2.53. The van der Waals surface area contributed by atoms with Gasteiger partial charge in [0.2, 0.25) is 5.91 Å². The molecule has 1 unspecified atom stereocenters. The highest BCUT2D eigenvalue weighted by Gasteiger charge is 2.57. The Kier molecular flexibility index (Phi) is 6.12. The summed E-state index contributed by atoms with van der Waals surface area (Å²) in [5, 5.41) is 3.14. The third-order valence-corrected chi connectivity index (χ3v) is 7.40. The van der Waals surface area contributed by atoms with Gasteiger partial charge in [0.25, 0.3) is 5.92 Å². The largest absolute Gasteiger partial charge is 0.493 e. The number of ether oxygens (including phenoxy) is 1. The molecule has 2 aromatic carbocycles. The number of carbonyl (C=O) groups excluding carboxylic acids is 1. The molecule has 176 valence electrons. The molecule has 0 saturated heterocycles. The molecule has 4 nitrogen and oxygen atoms in total. The van der Waals surface area contributed by atoms with Crippen molar-refractivity contribution >= 4 is 5.91 Å². The second kappa shape index (κ2) is 9.05. The molecule has 1 aliphatic heterocycles. The number of rotatable bonds is 8. The smallest absolute Gasteiger partial charge is 0.255 e. The van der Waals surface area contributed by atoms with E-state index in [9.17, 15) is 13.6 Å². The van der Waals surface area contributed by atoms with Crippen LogP contribution in [0.4, 0.5) is 8.78 Å². The van der Waals surface area contributed by atoms with Gasteiger partial charge < -0.3 is 10.1 Å². The summed E-state index contributed by atoms with van der Waals surface area (Å²) in [6, 6.07) is 14.5. The predicted octanol–water partition coefficient (Wildman–Crippen LogP) is 5.26. The van der Waals surface area contributed by atoms with Crippen LogP contribution in [-0.4, -0.2) is 29.9 Å². The first-order valence-corrected chi connectivity index (χ1v) is 12.1. The molecule has 2 atom stereocenters. The number of halogens is 2. The number of hydrogen-bond donors (Lipinski definition) is 1. The SMILES string of the molecule is C[C@H](NC(=O)C1CCC1)c1ccc(CN2CCc3cc(OCC4CC4(F)F)ccc3C2)cc1. The standard InChI is InChI=1S/C27H32F2N2O2/c1-18(30-26(32)21-3-2-4-21)20-7-5-19(6-8-20)15-31-12-11-22-13-25(10-9-23(22)16-31)33-17-24-14-27(24,28)29/h5-10,13,18,21,24H,2-4,11-12,14-17H2,1H3,(H,30,32)/t18-,24?/m0/s1. The fraction of sp³-hybridized carbons (Fsp3) is 0.519. The van der Waals surface area contributed by atoms with E-state index >= 15 is 0 Å². The van der Waals surface area contributed by atoms with Crippen LogP contribution in [0, 0.1) is 11.8 Å². The molecule has 0 spiro atoms. The maximum absolute atomic E-state index is 13.0. The van der Waals surface area contributed by atoms with Crippen LogP contribution >= 0.6 is 0 Å². The van der Waals surface area contributed by atoms with Gasteiger partial charge in [-0.2, -0.15) is 0 Å². The van der Waals surface area contributed by atoms with Crippen LogP contribution in [0.1, 0.15) is 60.9 Å². The second-order valence-electron chi connectivity index (χ2n) is 9.96. The zero-order valence-electron chi connectivity index (χ0n) is 19.2. The average Bonchev–Trinajstić information content (AvgIpc) is 3.37. The summed E-state index contributed by atoms with van der Waals surface area (Å²) in [6.45, 7) is 4.83. The first-order valence-electron chi connectivity index (χ1n) is 12.1. The molecule has 6 heteroatoms. The van der Waals surface area contributed by atoms with Gasteiger partial charge in [0.05, 0.1) is 18.6 Å². The van der Waals surface area contributed by atoms with E-state index in [4.69, 9.17) is 4.74 Å². The first-order chi connectivity index (χ1) is 15.9. The van der Waals surface area contributed by atoms with E-state index in [0.717, 1.165) is 44.5 Å². The molecule has 3 aliphatic rings. The minimum Gasteiger partial charge on any atom is -0.493 e. The molecular formula is C27H32F2N2O2. The van der Waals surface area contributed by atoms with Crippen molar-refractivity contribution < 1.29 is 18.3 Å². The molecule has 0 aromatic heterocycles. The molecule has 2 fully saturated rings. The molecule has 5 rings (SSSR count). The van der Waals surface area contributed by atoms with Crippen LogP contribution in [0.2, 0.25) is 0 Å². The Bertz CT molecular complexity index is 1000. The van der Waals surface area contributed by atoms with Crippen molar-refractivity contribution in [3.05, 3.63) is 64.7 Å². The van der Waals surface area contributed by atoms with Crippen molar-refractivity contribution in [1.29, 1.82) is 0 Å². The van der Waals surface area contributed by atoms with Crippen molar-refractivity contribution in [1.82, 2.24) is 10.2 Å². The Balaban J connectivity index is 1.12. The Morgan fingerprint density at radius 2 is 1.94 bits per heavy atom. The topological polar surface area (TPSA) is 41.6 Å². The molecule has 1 heterocycles. The molecule has 0 radical (unpaired) electrons. The van der Waals surface area contributed by atoms with E-state index in [1.807, 2.05) is 19.1 Å². The van der Waals surface area contributed by atoms with Crippen molar-refractivity contribution in [2.24, 2.45) is 11.8 Å². The maximum atomic E-state index is 13.0. The number of nitrogens with one attached hydrogen (secondary N) is 1. The number of carbonyl (C=O) groups is 1. The number of alkyl halides is 2. The van der Waals surface area contributed by atoms with Crippen LogP contribution in [0.5, 0.6) is 5.75 Å². The van der Waals surface area contributed by atoms with Gasteiger partial charge in [0.1, 0.15) is 5.75 Å². The minimum absolute atomic E-state index is 0.0246. The number of amides is 1. The monoisotopic (exact) mass is 454 g/mol. The van der Waals surface area contributed by atoms with Crippen molar-refractivity contribution in [2.45, 2.75) is 64.1 Å².